The van der Waals surface area contributed by atoms with E-state index in [2.05, 4.69) is 0 Å². The lowest BCUT2D eigenvalue weighted by Crippen LogP contribution is -2.33. The van der Waals surface area contributed by atoms with E-state index in [-0.39, 0.29) is 0 Å². The first-order valence-electron chi connectivity index (χ1n) is 4.02. The van der Waals surface area contributed by atoms with Crippen LogP contribution in [0.15, 0.2) is 18.2 Å². The molecular formula is C9H8F2N2O2. The van der Waals surface area contributed by atoms with Crippen molar-refractivity contribution < 1.29 is 18.4 Å². The Balaban J connectivity index is 2.81. The summed E-state index contributed by atoms with van der Waals surface area (Å²) in [5.74, 6) is -3.25. The standard InChI is InChI=1S/C9H8F2N2O2/c10-5-1-2-7(11)6(3-5)9(15)13-4-8(12)14/h1-3H,4H2,(H2,12,14)(H,13,15). The maximum absolute atomic E-state index is 13.0. The average molecular weight is 214 g/mol. The van der Waals surface area contributed by atoms with Crippen LogP contribution in [0.5, 0.6) is 0 Å². The van der Waals surface area contributed by atoms with Crippen molar-refractivity contribution in [2.24, 2.45) is 5.73 Å². The van der Waals surface area contributed by atoms with Gasteiger partial charge in [-0.15, -0.1) is 0 Å². The second-order valence-corrected chi connectivity index (χ2v) is 2.77. The number of nitrogens with one attached hydrogen (secondary N) is 1. The highest BCUT2D eigenvalue weighted by Gasteiger charge is 2.12. The first-order chi connectivity index (χ1) is 7.00. The van der Waals surface area contributed by atoms with E-state index in [4.69, 9.17) is 5.73 Å². The van der Waals surface area contributed by atoms with Gasteiger partial charge in [0.25, 0.3) is 5.91 Å². The van der Waals surface area contributed by atoms with Crippen LogP contribution in [0.1, 0.15) is 10.4 Å². The number of carbonyl (C=O) groups is 2. The van der Waals surface area contributed by atoms with Gasteiger partial charge in [-0.25, -0.2) is 8.78 Å². The van der Waals surface area contributed by atoms with Crippen molar-refractivity contribution in [2.75, 3.05) is 6.54 Å². The van der Waals surface area contributed by atoms with Gasteiger partial charge in [0.05, 0.1) is 12.1 Å². The van der Waals surface area contributed by atoms with Crippen LogP contribution < -0.4 is 11.1 Å². The molecule has 0 saturated heterocycles. The number of amides is 2. The minimum Gasteiger partial charge on any atom is -0.368 e. The zero-order chi connectivity index (χ0) is 11.4. The van der Waals surface area contributed by atoms with Crippen LogP contribution in [0.25, 0.3) is 0 Å². The summed E-state index contributed by atoms with van der Waals surface area (Å²) in [5.41, 5.74) is 4.30. The molecule has 80 valence electrons. The van der Waals surface area contributed by atoms with Gasteiger partial charge in [0.15, 0.2) is 0 Å². The summed E-state index contributed by atoms with van der Waals surface area (Å²) < 4.78 is 25.7. The molecule has 0 aliphatic rings. The van der Waals surface area contributed by atoms with Gasteiger partial charge in [0, 0.05) is 0 Å². The average Bonchev–Trinajstić information content (AvgIpc) is 2.18. The second kappa shape index (κ2) is 4.50. The summed E-state index contributed by atoms with van der Waals surface area (Å²) in [6.45, 7) is -0.422. The van der Waals surface area contributed by atoms with Crippen molar-refractivity contribution in [1.29, 1.82) is 0 Å². The third-order valence-corrected chi connectivity index (χ3v) is 1.60. The first-order valence-corrected chi connectivity index (χ1v) is 4.02. The molecule has 0 unspecified atom stereocenters. The maximum atomic E-state index is 13.0. The molecule has 3 N–H and O–H groups in total. The molecule has 0 aliphatic heterocycles. The van der Waals surface area contributed by atoms with Crippen molar-refractivity contribution >= 4 is 11.8 Å². The fourth-order valence-corrected chi connectivity index (χ4v) is 0.934. The number of primary amides is 1. The van der Waals surface area contributed by atoms with Crippen LogP contribution >= 0.6 is 0 Å². The predicted molar refractivity (Wildman–Crippen MR) is 47.9 cm³/mol. The number of hydrogen-bond acceptors (Lipinski definition) is 2. The molecule has 0 saturated carbocycles. The highest BCUT2D eigenvalue weighted by Crippen LogP contribution is 2.09. The Morgan fingerprint density at radius 1 is 1.33 bits per heavy atom. The summed E-state index contributed by atoms with van der Waals surface area (Å²) in [6.07, 6.45) is 0. The summed E-state index contributed by atoms with van der Waals surface area (Å²) in [5, 5.41) is 2.05. The Kier molecular flexibility index (Phi) is 3.33. The number of nitrogens with two attached hydrogens (primary N) is 1. The van der Waals surface area contributed by atoms with E-state index in [0.717, 1.165) is 18.2 Å². The van der Waals surface area contributed by atoms with E-state index in [0.29, 0.717) is 0 Å². The maximum Gasteiger partial charge on any atom is 0.254 e. The van der Waals surface area contributed by atoms with Crippen LogP contribution in [0.2, 0.25) is 0 Å². The number of halogens is 2. The zero-order valence-electron chi connectivity index (χ0n) is 7.59. The Hall–Kier alpha value is -1.98. The van der Waals surface area contributed by atoms with Crippen molar-refractivity contribution in [3.05, 3.63) is 35.4 Å². The van der Waals surface area contributed by atoms with E-state index >= 15 is 0 Å². The molecule has 0 bridgehead atoms. The van der Waals surface area contributed by atoms with Gasteiger partial charge in [0.1, 0.15) is 11.6 Å². The van der Waals surface area contributed by atoms with Crippen LogP contribution in [-0.2, 0) is 4.79 Å². The lowest BCUT2D eigenvalue weighted by molar-refractivity contribution is -0.117. The number of hydrogen-bond donors (Lipinski definition) is 2. The van der Waals surface area contributed by atoms with Crippen molar-refractivity contribution in [3.8, 4) is 0 Å². The molecule has 0 heterocycles. The molecule has 1 rings (SSSR count). The third kappa shape index (κ3) is 3.01. The van der Waals surface area contributed by atoms with E-state index in [9.17, 15) is 18.4 Å². The summed E-state index contributed by atoms with van der Waals surface area (Å²) in [7, 11) is 0. The second-order valence-electron chi connectivity index (χ2n) is 2.77. The van der Waals surface area contributed by atoms with Crippen molar-refractivity contribution in [2.45, 2.75) is 0 Å². The van der Waals surface area contributed by atoms with E-state index in [1.54, 1.807) is 0 Å². The Labute approximate surface area is 84.1 Å². The molecule has 2 amide bonds. The molecule has 6 heteroatoms. The smallest absolute Gasteiger partial charge is 0.254 e. The number of carbonyl (C=O) groups excluding carboxylic acids is 2. The van der Waals surface area contributed by atoms with Gasteiger partial charge in [-0.05, 0) is 18.2 Å². The van der Waals surface area contributed by atoms with Crippen LogP contribution in [-0.4, -0.2) is 18.4 Å². The molecule has 0 spiro atoms. The molecular weight excluding hydrogens is 206 g/mol. The van der Waals surface area contributed by atoms with Gasteiger partial charge in [-0.3, -0.25) is 9.59 Å². The lowest BCUT2D eigenvalue weighted by Gasteiger charge is -2.03. The number of benzene rings is 1. The molecule has 0 aliphatic carbocycles. The molecule has 0 atom stereocenters. The normalized spacial score (nSPS) is 9.73. The molecule has 4 nitrogen and oxygen atoms in total. The summed E-state index contributed by atoms with van der Waals surface area (Å²) in [6, 6.07) is 2.46. The monoisotopic (exact) mass is 214 g/mol. The number of rotatable bonds is 3. The van der Waals surface area contributed by atoms with Gasteiger partial charge in [-0.1, -0.05) is 0 Å². The zero-order valence-corrected chi connectivity index (χ0v) is 7.59. The van der Waals surface area contributed by atoms with Gasteiger partial charge >= 0.3 is 0 Å². The molecule has 0 radical (unpaired) electrons. The van der Waals surface area contributed by atoms with Gasteiger partial charge in [-0.2, -0.15) is 0 Å². The summed E-state index contributed by atoms with van der Waals surface area (Å²) >= 11 is 0. The van der Waals surface area contributed by atoms with Crippen LogP contribution in [0.3, 0.4) is 0 Å². The fourth-order valence-electron chi connectivity index (χ4n) is 0.934. The topological polar surface area (TPSA) is 72.2 Å². The van der Waals surface area contributed by atoms with Crippen LogP contribution in [0, 0.1) is 11.6 Å². The lowest BCUT2D eigenvalue weighted by atomic mass is 10.2. The van der Waals surface area contributed by atoms with E-state index in [1.807, 2.05) is 5.32 Å². The molecule has 1 aromatic carbocycles. The predicted octanol–water partition coefficient (Wildman–Crippen LogP) is 0.180. The summed E-state index contributed by atoms with van der Waals surface area (Å²) in [4.78, 5) is 21.5. The highest BCUT2D eigenvalue weighted by molar-refractivity contribution is 5.96. The quantitative estimate of drug-likeness (QED) is 0.753. The Morgan fingerprint density at radius 3 is 2.60 bits per heavy atom. The molecule has 0 fully saturated rings. The molecule has 0 aromatic heterocycles. The van der Waals surface area contributed by atoms with Gasteiger partial charge < -0.3 is 11.1 Å². The fraction of sp³-hybridized carbons (Fsp3) is 0.111. The third-order valence-electron chi connectivity index (χ3n) is 1.60. The van der Waals surface area contributed by atoms with E-state index in [1.165, 1.54) is 0 Å². The van der Waals surface area contributed by atoms with Crippen molar-refractivity contribution in [1.82, 2.24) is 5.32 Å². The molecule has 1 aromatic rings. The largest absolute Gasteiger partial charge is 0.368 e. The minimum absolute atomic E-state index is 0.422. The van der Waals surface area contributed by atoms with Gasteiger partial charge in [0.2, 0.25) is 5.91 Å². The molecule has 15 heavy (non-hydrogen) atoms. The SMILES string of the molecule is NC(=O)CNC(=O)c1cc(F)ccc1F. The van der Waals surface area contributed by atoms with Crippen LogP contribution in [0.4, 0.5) is 8.78 Å². The Morgan fingerprint density at radius 2 is 2.00 bits per heavy atom. The Bertz CT molecular complexity index is 407. The highest BCUT2D eigenvalue weighted by atomic mass is 19.1. The van der Waals surface area contributed by atoms with E-state index < -0.39 is 35.6 Å². The first kappa shape index (κ1) is 11.1. The minimum atomic E-state index is -0.884. The van der Waals surface area contributed by atoms with Crippen molar-refractivity contribution in [3.63, 3.8) is 0 Å².